The topological polar surface area (TPSA) is 56.3 Å². The van der Waals surface area contributed by atoms with Gasteiger partial charge in [0.15, 0.2) is 11.5 Å². The van der Waals surface area contributed by atoms with Crippen molar-refractivity contribution in [2.45, 2.75) is 24.8 Å². The number of anilines is 1. The van der Waals surface area contributed by atoms with Gasteiger partial charge in [0, 0.05) is 11.4 Å². The molecule has 1 N–H and O–H groups in total. The second kappa shape index (κ2) is 7.51. The fraction of sp³-hybridized carbons (Fsp3) is 0.429. The van der Waals surface area contributed by atoms with Crippen molar-refractivity contribution < 1.29 is 9.47 Å². The number of nitrogens with zero attached hydrogens (tertiary/aromatic N) is 2. The maximum Gasteiger partial charge on any atom is 0.205 e. The highest BCUT2D eigenvalue weighted by Crippen LogP contribution is 2.35. The molecular formula is C14H19N3O2S2. The van der Waals surface area contributed by atoms with Crippen molar-refractivity contribution in [1.82, 2.24) is 10.2 Å². The van der Waals surface area contributed by atoms with Gasteiger partial charge < -0.3 is 14.8 Å². The van der Waals surface area contributed by atoms with Crippen LogP contribution in [0.5, 0.6) is 11.5 Å². The van der Waals surface area contributed by atoms with Crippen LogP contribution in [0.15, 0.2) is 17.0 Å². The third-order valence-electron chi connectivity index (χ3n) is 2.99. The lowest BCUT2D eigenvalue weighted by Crippen LogP contribution is -2.02. The van der Waals surface area contributed by atoms with Crippen LogP contribution < -0.4 is 14.8 Å². The van der Waals surface area contributed by atoms with Gasteiger partial charge in [0.05, 0.1) is 14.2 Å². The highest BCUT2D eigenvalue weighted by Gasteiger charge is 2.11. The number of benzene rings is 1. The number of hydrogen-bond acceptors (Lipinski definition) is 7. The summed E-state index contributed by atoms with van der Waals surface area (Å²) in [6.45, 7) is 2.75. The lowest BCUT2D eigenvalue weighted by molar-refractivity contribution is 0.353. The van der Waals surface area contributed by atoms with Crippen LogP contribution in [-0.2, 0) is 13.0 Å². The Morgan fingerprint density at radius 3 is 2.48 bits per heavy atom. The summed E-state index contributed by atoms with van der Waals surface area (Å²) in [5.41, 5.74) is 1.15. The van der Waals surface area contributed by atoms with Gasteiger partial charge in [-0.1, -0.05) is 18.3 Å². The minimum absolute atomic E-state index is 0.675. The van der Waals surface area contributed by atoms with Gasteiger partial charge in [0.25, 0.3) is 0 Å². The summed E-state index contributed by atoms with van der Waals surface area (Å²) in [5.74, 6) is 1.48. The third kappa shape index (κ3) is 3.79. The Morgan fingerprint density at radius 2 is 1.90 bits per heavy atom. The van der Waals surface area contributed by atoms with Gasteiger partial charge in [0.1, 0.15) is 5.01 Å². The number of methoxy groups -OCH3 is 2. The Hall–Kier alpha value is -1.47. The molecule has 1 aromatic carbocycles. The molecule has 21 heavy (non-hydrogen) atoms. The lowest BCUT2D eigenvalue weighted by atomic mass is 10.2. The van der Waals surface area contributed by atoms with Gasteiger partial charge in [-0.3, -0.25) is 0 Å². The molecule has 7 heteroatoms. The molecule has 0 spiro atoms. The minimum atomic E-state index is 0.675. The van der Waals surface area contributed by atoms with Crippen LogP contribution in [0.4, 0.5) is 5.13 Å². The molecule has 0 aliphatic heterocycles. The van der Waals surface area contributed by atoms with E-state index in [1.54, 1.807) is 37.3 Å². The maximum atomic E-state index is 5.36. The van der Waals surface area contributed by atoms with Crippen LogP contribution in [0.3, 0.4) is 0 Å². The molecule has 0 fully saturated rings. The number of ether oxygens (including phenoxy) is 2. The average Bonchev–Trinajstić information content (AvgIpc) is 2.99. The number of rotatable bonds is 7. The summed E-state index contributed by atoms with van der Waals surface area (Å²) in [5, 5.41) is 13.4. The molecule has 1 heterocycles. The summed E-state index contributed by atoms with van der Waals surface area (Å²) in [7, 11) is 3.29. The molecule has 0 saturated heterocycles. The standard InChI is InChI=1S/C14H19N3O2S2/c1-5-13-16-17-14(21-13)15-8-9-6-10(18-2)11(19-3)7-12(9)20-4/h6-7H,5,8H2,1-4H3,(H,15,17). The maximum absolute atomic E-state index is 5.36. The van der Waals surface area contributed by atoms with Gasteiger partial charge in [-0.25, -0.2) is 0 Å². The van der Waals surface area contributed by atoms with Crippen LogP contribution in [0, 0.1) is 0 Å². The van der Waals surface area contributed by atoms with E-state index in [0.29, 0.717) is 6.54 Å². The van der Waals surface area contributed by atoms with E-state index in [-0.39, 0.29) is 0 Å². The van der Waals surface area contributed by atoms with Gasteiger partial charge in [-0.05, 0) is 30.4 Å². The second-order valence-corrected chi connectivity index (χ2v) is 6.14. The number of hydrogen-bond donors (Lipinski definition) is 1. The van der Waals surface area contributed by atoms with Crippen molar-refractivity contribution in [3.8, 4) is 11.5 Å². The molecule has 0 amide bonds. The highest BCUT2D eigenvalue weighted by molar-refractivity contribution is 7.98. The Kier molecular flexibility index (Phi) is 5.69. The zero-order valence-corrected chi connectivity index (χ0v) is 14.2. The van der Waals surface area contributed by atoms with Crippen LogP contribution in [0.1, 0.15) is 17.5 Å². The first-order valence-electron chi connectivity index (χ1n) is 6.57. The first-order valence-corrected chi connectivity index (χ1v) is 8.61. The quantitative estimate of drug-likeness (QED) is 0.787. The predicted molar refractivity (Wildman–Crippen MR) is 87.9 cm³/mol. The number of aryl methyl sites for hydroxylation is 1. The van der Waals surface area contributed by atoms with Crippen molar-refractivity contribution >= 4 is 28.2 Å². The van der Waals surface area contributed by atoms with Gasteiger partial charge in [0.2, 0.25) is 5.13 Å². The Labute approximate surface area is 133 Å². The van der Waals surface area contributed by atoms with Crippen LogP contribution in [0.25, 0.3) is 0 Å². The normalized spacial score (nSPS) is 10.5. The van der Waals surface area contributed by atoms with Crippen LogP contribution in [0.2, 0.25) is 0 Å². The molecule has 0 saturated carbocycles. The van der Waals surface area contributed by atoms with E-state index in [0.717, 1.165) is 38.5 Å². The van der Waals surface area contributed by atoms with E-state index >= 15 is 0 Å². The summed E-state index contributed by atoms with van der Waals surface area (Å²) in [6, 6.07) is 4.00. The minimum Gasteiger partial charge on any atom is -0.493 e. The van der Waals surface area contributed by atoms with E-state index < -0.39 is 0 Å². The van der Waals surface area contributed by atoms with Crippen molar-refractivity contribution in [3.05, 3.63) is 22.7 Å². The number of thioether (sulfide) groups is 1. The van der Waals surface area contributed by atoms with Gasteiger partial charge >= 0.3 is 0 Å². The Morgan fingerprint density at radius 1 is 1.19 bits per heavy atom. The Balaban J connectivity index is 2.17. The number of nitrogens with one attached hydrogen (secondary N) is 1. The molecule has 114 valence electrons. The van der Waals surface area contributed by atoms with Crippen molar-refractivity contribution in [1.29, 1.82) is 0 Å². The smallest absolute Gasteiger partial charge is 0.205 e. The largest absolute Gasteiger partial charge is 0.493 e. The molecule has 5 nitrogen and oxygen atoms in total. The summed E-state index contributed by atoms with van der Waals surface area (Å²) in [6.07, 6.45) is 2.96. The SMILES string of the molecule is CCc1nnc(NCc2cc(OC)c(OC)cc2SC)s1. The molecule has 0 bridgehead atoms. The molecule has 0 atom stereocenters. The zero-order chi connectivity index (χ0) is 15.2. The molecule has 0 aliphatic carbocycles. The summed E-state index contributed by atoms with van der Waals surface area (Å²) >= 11 is 3.27. The second-order valence-electron chi connectivity index (χ2n) is 4.23. The van der Waals surface area contributed by atoms with Crippen LogP contribution in [-0.4, -0.2) is 30.7 Å². The Bertz CT molecular complexity index is 602. The highest BCUT2D eigenvalue weighted by atomic mass is 32.2. The first kappa shape index (κ1) is 15.9. The number of aromatic nitrogens is 2. The van der Waals surface area contributed by atoms with Crippen molar-refractivity contribution in [2.24, 2.45) is 0 Å². The molecule has 1 aromatic heterocycles. The molecule has 2 aromatic rings. The molecule has 0 radical (unpaired) electrons. The molecule has 2 rings (SSSR count). The summed E-state index contributed by atoms with van der Waals surface area (Å²) < 4.78 is 10.7. The van der Waals surface area contributed by atoms with Crippen molar-refractivity contribution in [3.63, 3.8) is 0 Å². The van der Waals surface area contributed by atoms with E-state index in [4.69, 9.17) is 9.47 Å². The van der Waals surface area contributed by atoms with Crippen molar-refractivity contribution in [2.75, 3.05) is 25.8 Å². The van der Waals surface area contributed by atoms with E-state index in [2.05, 4.69) is 22.4 Å². The molecule has 0 aliphatic rings. The van der Waals surface area contributed by atoms with E-state index in [9.17, 15) is 0 Å². The fourth-order valence-electron chi connectivity index (χ4n) is 1.87. The molecular weight excluding hydrogens is 306 g/mol. The average molecular weight is 325 g/mol. The molecule has 0 unspecified atom stereocenters. The third-order valence-corrected chi connectivity index (χ3v) is 4.83. The first-order chi connectivity index (χ1) is 10.2. The predicted octanol–water partition coefficient (Wildman–Crippen LogP) is 3.45. The van der Waals surface area contributed by atoms with Crippen LogP contribution >= 0.6 is 23.1 Å². The van der Waals surface area contributed by atoms with Gasteiger partial charge in [-0.15, -0.1) is 22.0 Å². The van der Waals surface area contributed by atoms with Gasteiger partial charge in [-0.2, -0.15) is 0 Å². The zero-order valence-electron chi connectivity index (χ0n) is 12.6. The summed E-state index contributed by atoms with van der Waals surface area (Å²) in [4.78, 5) is 1.15. The fourth-order valence-corrected chi connectivity index (χ4v) is 3.16. The van der Waals surface area contributed by atoms with E-state index in [1.165, 1.54) is 0 Å². The lowest BCUT2D eigenvalue weighted by Gasteiger charge is -2.13. The monoisotopic (exact) mass is 325 g/mol. The van der Waals surface area contributed by atoms with E-state index in [1.807, 2.05) is 18.4 Å².